The summed E-state index contributed by atoms with van der Waals surface area (Å²) in [7, 11) is 0. The Hall–Kier alpha value is -1.82. The van der Waals surface area contributed by atoms with E-state index in [0.29, 0.717) is 11.4 Å². The average molecular weight is 205 g/mol. The van der Waals surface area contributed by atoms with Crippen LogP contribution in [-0.2, 0) is 4.79 Å². The van der Waals surface area contributed by atoms with E-state index in [9.17, 15) is 4.79 Å². The lowest BCUT2D eigenvalue weighted by atomic mass is 9.90. The molecule has 0 unspecified atom stereocenters. The molecule has 0 atom stereocenters. The standard InChI is InChI=1S/C9H11N5O/c10-7(15)6-3-13-14-8(6)12-2-1-9(14)4-11-5-9/h1-3,11,13H,4-5H2,(H2,10,15). The number of nitrogens with one attached hydrogen (secondary N) is 2. The van der Waals surface area contributed by atoms with E-state index in [-0.39, 0.29) is 5.54 Å². The van der Waals surface area contributed by atoms with E-state index in [0.717, 1.165) is 13.1 Å². The molecule has 4 N–H and O–H groups in total. The van der Waals surface area contributed by atoms with E-state index in [1.165, 1.54) is 0 Å². The second kappa shape index (κ2) is 2.60. The number of nitrogens with two attached hydrogens (primary N) is 1. The number of primary amides is 1. The molecule has 0 aromatic carbocycles. The summed E-state index contributed by atoms with van der Waals surface area (Å²) >= 11 is 0. The normalized spacial score (nSPS) is 25.2. The highest BCUT2D eigenvalue weighted by atomic mass is 16.1. The molecule has 0 bridgehead atoms. The first-order valence-electron chi connectivity index (χ1n) is 4.76. The highest BCUT2D eigenvalue weighted by Crippen LogP contribution is 2.28. The van der Waals surface area contributed by atoms with Crippen LogP contribution in [0, 0.1) is 0 Å². The summed E-state index contributed by atoms with van der Waals surface area (Å²) < 4.78 is 0. The molecule has 3 aliphatic rings. The maximum absolute atomic E-state index is 11.1. The molecule has 1 amide bonds. The quantitative estimate of drug-likeness (QED) is 0.483. The van der Waals surface area contributed by atoms with Crippen LogP contribution in [0.15, 0.2) is 29.0 Å². The molecule has 0 aliphatic carbocycles. The molecular formula is C9H11N5O. The third kappa shape index (κ3) is 0.964. The Labute approximate surface area is 86.5 Å². The van der Waals surface area contributed by atoms with E-state index < -0.39 is 5.91 Å². The van der Waals surface area contributed by atoms with E-state index in [4.69, 9.17) is 5.73 Å². The summed E-state index contributed by atoms with van der Waals surface area (Å²) in [4.78, 5) is 15.3. The number of carbonyl (C=O) groups is 1. The summed E-state index contributed by atoms with van der Waals surface area (Å²) in [6.07, 6.45) is 5.36. The number of amidine groups is 1. The molecule has 1 fully saturated rings. The maximum Gasteiger partial charge on any atom is 0.254 e. The van der Waals surface area contributed by atoms with Gasteiger partial charge in [-0.1, -0.05) is 0 Å². The fourth-order valence-corrected chi connectivity index (χ4v) is 2.00. The van der Waals surface area contributed by atoms with E-state index in [1.807, 2.05) is 11.1 Å². The SMILES string of the molecule is NC(=O)C1=CNN2C1=NC=CC21CNC1. The van der Waals surface area contributed by atoms with Crippen molar-refractivity contribution in [2.75, 3.05) is 13.1 Å². The second-order valence-corrected chi connectivity index (χ2v) is 3.86. The summed E-state index contributed by atoms with van der Waals surface area (Å²) in [5.41, 5.74) is 8.63. The van der Waals surface area contributed by atoms with E-state index in [2.05, 4.69) is 15.7 Å². The van der Waals surface area contributed by atoms with Crippen LogP contribution in [0.25, 0.3) is 0 Å². The molecule has 6 heteroatoms. The van der Waals surface area contributed by atoms with Crippen molar-refractivity contribution in [3.63, 3.8) is 0 Å². The van der Waals surface area contributed by atoms with E-state index in [1.54, 1.807) is 12.4 Å². The van der Waals surface area contributed by atoms with Gasteiger partial charge in [-0.25, -0.2) is 4.99 Å². The zero-order valence-corrected chi connectivity index (χ0v) is 8.03. The van der Waals surface area contributed by atoms with Gasteiger partial charge in [-0.15, -0.1) is 0 Å². The van der Waals surface area contributed by atoms with E-state index >= 15 is 0 Å². The molecule has 3 aliphatic heterocycles. The molecule has 0 saturated carbocycles. The highest BCUT2D eigenvalue weighted by Gasteiger charge is 2.46. The number of fused-ring (bicyclic) bond motifs is 2. The number of hydrogen-bond acceptors (Lipinski definition) is 5. The molecule has 0 aromatic rings. The molecule has 3 heterocycles. The van der Waals surface area contributed by atoms with Gasteiger partial charge in [0.25, 0.3) is 5.91 Å². The van der Waals surface area contributed by atoms with Crippen molar-refractivity contribution in [2.45, 2.75) is 5.54 Å². The molecule has 6 nitrogen and oxygen atoms in total. The predicted molar refractivity (Wildman–Crippen MR) is 54.4 cm³/mol. The van der Waals surface area contributed by atoms with Crippen molar-refractivity contribution in [3.05, 3.63) is 24.0 Å². The first-order chi connectivity index (χ1) is 7.23. The average Bonchev–Trinajstić information content (AvgIpc) is 2.58. The fourth-order valence-electron chi connectivity index (χ4n) is 2.00. The smallest absolute Gasteiger partial charge is 0.254 e. The molecule has 1 spiro atoms. The van der Waals surface area contributed by atoms with Crippen LogP contribution in [0.1, 0.15) is 0 Å². The summed E-state index contributed by atoms with van der Waals surface area (Å²) in [5.74, 6) is 0.160. The fraction of sp³-hybridized carbons (Fsp3) is 0.333. The lowest BCUT2D eigenvalue weighted by Crippen LogP contribution is -2.71. The largest absolute Gasteiger partial charge is 0.365 e. The third-order valence-electron chi connectivity index (χ3n) is 2.95. The minimum atomic E-state index is -0.457. The van der Waals surface area contributed by atoms with Crippen LogP contribution in [0.5, 0.6) is 0 Å². The number of amides is 1. The summed E-state index contributed by atoms with van der Waals surface area (Å²) in [6.45, 7) is 1.69. The predicted octanol–water partition coefficient (Wildman–Crippen LogP) is -1.56. The van der Waals surface area contributed by atoms with Crippen LogP contribution in [0.4, 0.5) is 0 Å². The van der Waals surface area contributed by atoms with Crippen molar-refractivity contribution in [1.29, 1.82) is 0 Å². The molecule has 3 rings (SSSR count). The van der Waals surface area contributed by atoms with Crippen LogP contribution in [0.2, 0.25) is 0 Å². The van der Waals surface area contributed by atoms with Crippen LogP contribution < -0.4 is 16.5 Å². The van der Waals surface area contributed by atoms with Gasteiger partial charge in [-0.2, -0.15) is 0 Å². The third-order valence-corrected chi connectivity index (χ3v) is 2.95. The van der Waals surface area contributed by atoms with Crippen molar-refractivity contribution in [1.82, 2.24) is 15.8 Å². The molecule has 0 radical (unpaired) electrons. The molecule has 15 heavy (non-hydrogen) atoms. The van der Waals surface area contributed by atoms with Gasteiger partial charge in [-0.05, 0) is 6.08 Å². The van der Waals surface area contributed by atoms with Crippen LogP contribution in [0.3, 0.4) is 0 Å². The topological polar surface area (TPSA) is 82.8 Å². The van der Waals surface area contributed by atoms with Crippen molar-refractivity contribution in [2.24, 2.45) is 10.7 Å². The van der Waals surface area contributed by atoms with Crippen molar-refractivity contribution in [3.8, 4) is 0 Å². The number of hydrogen-bond donors (Lipinski definition) is 3. The lowest BCUT2D eigenvalue weighted by Gasteiger charge is -2.48. The Balaban J connectivity index is 1.97. The number of nitrogens with zero attached hydrogens (tertiary/aromatic N) is 2. The highest BCUT2D eigenvalue weighted by molar-refractivity contribution is 6.21. The van der Waals surface area contributed by atoms with Gasteiger partial charge in [0.1, 0.15) is 11.1 Å². The monoisotopic (exact) mass is 205 g/mol. The van der Waals surface area contributed by atoms with Gasteiger partial charge >= 0.3 is 0 Å². The maximum atomic E-state index is 11.1. The van der Waals surface area contributed by atoms with Gasteiger partial charge < -0.3 is 16.5 Å². The van der Waals surface area contributed by atoms with Crippen LogP contribution >= 0.6 is 0 Å². The van der Waals surface area contributed by atoms with Gasteiger partial charge in [0.2, 0.25) is 0 Å². The number of rotatable bonds is 1. The zero-order chi connectivity index (χ0) is 10.5. The summed E-state index contributed by atoms with van der Waals surface area (Å²) in [5, 5.41) is 5.09. The van der Waals surface area contributed by atoms with Crippen LogP contribution in [-0.4, -0.2) is 35.4 Å². The summed E-state index contributed by atoms with van der Waals surface area (Å²) in [6, 6.07) is 0. The number of aliphatic imine (C=N–C) groups is 1. The molecule has 0 aromatic heterocycles. The molecule has 1 saturated heterocycles. The zero-order valence-electron chi connectivity index (χ0n) is 8.03. The second-order valence-electron chi connectivity index (χ2n) is 3.86. The Morgan fingerprint density at radius 3 is 3.00 bits per heavy atom. The van der Waals surface area contributed by atoms with Crippen molar-refractivity contribution < 1.29 is 4.79 Å². The van der Waals surface area contributed by atoms with Gasteiger partial charge in [0, 0.05) is 25.5 Å². The van der Waals surface area contributed by atoms with Gasteiger partial charge in [-0.3, -0.25) is 9.80 Å². The Morgan fingerprint density at radius 2 is 2.40 bits per heavy atom. The minimum absolute atomic E-state index is 0.0925. The lowest BCUT2D eigenvalue weighted by molar-refractivity contribution is -0.114. The van der Waals surface area contributed by atoms with Gasteiger partial charge in [0.15, 0.2) is 5.84 Å². The first-order valence-corrected chi connectivity index (χ1v) is 4.76. The van der Waals surface area contributed by atoms with Gasteiger partial charge in [0.05, 0.1) is 0 Å². The minimum Gasteiger partial charge on any atom is -0.365 e. The molecular weight excluding hydrogens is 194 g/mol. The number of carbonyl (C=O) groups excluding carboxylic acids is 1. The Bertz CT molecular complexity index is 418. The Morgan fingerprint density at radius 1 is 1.60 bits per heavy atom. The molecule has 78 valence electrons. The first kappa shape index (κ1) is 8.49. The Kier molecular flexibility index (Phi) is 1.47. The van der Waals surface area contributed by atoms with Crippen molar-refractivity contribution >= 4 is 11.7 Å². The number of hydrazine groups is 1.